The van der Waals surface area contributed by atoms with Gasteiger partial charge in [-0.05, 0) is 48.8 Å². The zero-order chi connectivity index (χ0) is 14.0. The van der Waals surface area contributed by atoms with Crippen LogP contribution in [0.15, 0.2) is 34.9 Å². The van der Waals surface area contributed by atoms with E-state index in [0.717, 1.165) is 10.0 Å². The molecule has 0 fully saturated rings. The lowest BCUT2D eigenvalue weighted by molar-refractivity contribution is 0.102. The SMILES string of the molecule is Cc1ccc(Br)c(C(=O)Nc2ccnn2C(C)C)c1. The summed E-state index contributed by atoms with van der Waals surface area (Å²) in [5.41, 5.74) is 1.67. The molecule has 0 unspecified atom stereocenters. The number of nitrogens with one attached hydrogen (secondary N) is 1. The number of aryl methyl sites for hydroxylation is 1. The smallest absolute Gasteiger partial charge is 0.257 e. The molecule has 0 saturated heterocycles. The summed E-state index contributed by atoms with van der Waals surface area (Å²) >= 11 is 3.40. The quantitative estimate of drug-likeness (QED) is 0.934. The number of nitrogens with zero attached hydrogens (tertiary/aromatic N) is 2. The third-order valence-corrected chi connectivity index (χ3v) is 3.46. The first-order valence-electron chi connectivity index (χ1n) is 6.10. The van der Waals surface area contributed by atoms with E-state index in [-0.39, 0.29) is 11.9 Å². The highest BCUT2D eigenvalue weighted by Crippen LogP contribution is 2.20. The molecular formula is C14H16BrN3O. The minimum atomic E-state index is -0.141. The van der Waals surface area contributed by atoms with Gasteiger partial charge in [-0.3, -0.25) is 4.79 Å². The summed E-state index contributed by atoms with van der Waals surface area (Å²) in [5.74, 6) is 0.561. The van der Waals surface area contributed by atoms with E-state index in [1.807, 2.05) is 39.0 Å². The van der Waals surface area contributed by atoms with E-state index in [0.29, 0.717) is 11.4 Å². The van der Waals surface area contributed by atoms with E-state index in [4.69, 9.17) is 0 Å². The number of carbonyl (C=O) groups is 1. The zero-order valence-corrected chi connectivity index (χ0v) is 12.7. The van der Waals surface area contributed by atoms with Crippen LogP contribution in [0.1, 0.15) is 35.8 Å². The number of hydrogen-bond donors (Lipinski definition) is 1. The van der Waals surface area contributed by atoms with Gasteiger partial charge >= 0.3 is 0 Å². The Balaban J connectivity index is 2.26. The van der Waals surface area contributed by atoms with Gasteiger partial charge in [-0.25, -0.2) is 4.68 Å². The van der Waals surface area contributed by atoms with Gasteiger partial charge in [-0.1, -0.05) is 11.6 Å². The second-order valence-corrected chi connectivity index (χ2v) is 5.55. The van der Waals surface area contributed by atoms with Crippen molar-refractivity contribution in [3.05, 3.63) is 46.1 Å². The van der Waals surface area contributed by atoms with Crippen LogP contribution < -0.4 is 5.32 Å². The van der Waals surface area contributed by atoms with Crippen molar-refractivity contribution in [3.8, 4) is 0 Å². The van der Waals surface area contributed by atoms with E-state index < -0.39 is 0 Å². The van der Waals surface area contributed by atoms with Gasteiger partial charge in [0.2, 0.25) is 0 Å². The lowest BCUT2D eigenvalue weighted by Crippen LogP contribution is -2.17. The molecule has 0 bridgehead atoms. The fraction of sp³-hybridized carbons (Fsp3) is 0.286. The molecule has 4 nitrogen and oxygen atoms in total. The summed E-state index contributed by atoms with van der Waals surface area (Å²) in [6, 6.07) is 7.69. The maximum atomic E-state index is 12.3. The molecule has 1 aromatic heterocycles. The van der Waals surface area contributed by atoms with E-state index >= 15 is 0 Å². The molecule has 0 saturated carbocycles. The third-order valence-electron chi connectivity index (χ3n) is 2.77. The topological polar surface area (TPSA) is 46.9 Å². The van der Waals surface area contributed by atoms with Crippen LogP contribution in [0.3, 0.4) is 0 Å². The summed E-state index contributed by atoms with van der Waals surface area (Å²) in [6.07, 6.45) is 1.68. The highest BCUT2D eigenvalue weighted by Gasteiger charge is 2.13. The zero-order valence-electron chi connectivity index (χ0n) is 11.1. The average molecular weight is 322 g/mol. The highest BCUT2D eigenvalue weighted by atomic mass is 79.9. The third kappa shape index (κ3) is 3.04. The predicted molar refractivity (Wildman–Crippen MR) is 79.4 cm³/mol. The fourth-order valence-corrected chi connectivity index (χ4v) is 2.25. The molecule has 1 aromatic carbocycles. The summed E-state index contributed by atoms with van der Waals surface area (Å²) in [6.45, 7) is 6.00. The van der Waals surface area contributed by atoms with Gasteiger partial charge in [-0.2, -0.15) is 5.10 Å². The Morgan fingerprint density at radius 1 is 1.37 bits per heavy atom. The molecule has 5 heteroatoms. The Kier molecular flexibility index (Phi) is 4.04. The summed E-state index contributed by atoms with van der Waals surface area (Å²) in [5, 5.41) is 7.08. The Hall–Kier alpha value is -1.62. The molecule has 0 radical (unpaired) electrons. The molecule has 0 aliphatic heterocycles. The van der Waals surface area contributed by atoms with Crippen molar-refractivity contribution in [3.63, 3.8) is 0 Å². The Morgan fingerprint density at radius 3 is 2.79 bits per heavy atom. The maximum Gasteiger partial charge on any atom is 0.257 e. The van der Waals surface area contributed by atoms with Crippen LogP contribution in [0.2, 0.25) is 0 Å². The molecule has 1 heterocycles. The summed E-state index contributed by atoms with van der Waals surface area (Å²) in [4.78, 5) is 12.3. The van der Waals surface area contributed by atoms with Gasteiger partial charge in [0.05, 0.1) is 11.8 Å². The molecule has 100 valence electrons. The number of amides is 1. The van der Waals surface area contributed by atoms with Crippen molar-refractivity contribution in [2.24, 2.45) is 0 Å². The molecule has 0 spiro atoms. The molecule has 0 atom stereocenters. The van der Waals surface area contributed by atoms with E-state index in [2.05, 4.69) is 26.3 Å². The molecular weight excluding hydrogens is 306 g/mol. The number of hydrogen-bond acceptors (Lipinski definition) is 2. The molecule has 19 heavy (non-hydrogen) atoms. The van der Waals surface area contributed by atoms with Gasteiger partial charge in [0.1, 0.15) is 5.82 Å². The standard InChI is InChI=1S/C14H16BrN3O/c1-9(2)18-13(6-7-16-18)17-14(19)11-8-10(3)4-5-12(11)15/h4-9H,1-3H3,(H,17,19). The predicted octanol–water partition coefficient (Wildman–Crippen LogP) is 3.79. The van der Waals surface area contributed by atoms with Gasteiger partial charge < -0.3 is 5.32 Å². The minimum absolute atomic E-state index is 0.141. The lowest BCUT2D eigenvalue weighted by Gasteiger charge is -2.12. The summed E-state index contributed by atoms with van der Waals surface area (Å²) < 4.78 is 2.56. The van der Waals surface area contributed by atoms with Crippen LogP contribution in [0.25, 0.3) is 0 Å². The highest BCUT2D eigenvalue weighted by molar-refractivity contribution is 9.10. The van der Waals surface area contributed by atoms with Crippen LogP contribution in [0, 0.1) is 6.92 Å². The van der Waals surface area contributed by atoms with E-state index in [1.165, 1.54) is 0 Å². The normalized spacial score (nSPS) is 10.8. The van der Waals surface area contributed by atoms with Gasteiger partial charge in [0.25, 0.3) is 5.91 Å². The molecule has 2 aromatic rings. The summed E-state index contributed by atoms with van der Waals surface area (Å²) in [7, 11) is 0. The van der Waals surface area contributed by atoms with Crippen LogP contribution >= 0.6 is 15.9 Å². The largest absolute Gasteiger partial charge is 0.307 e. The van der Waals surface area contributed by atoms with Gasteiger partial charge in [-0.15, -0.1) is 0 Å². The van der Waals surface area contributed by atoms with Crippen molar-refractivity contribution in [1.29, 1.82) is 0 Å². The van der Waals surface area contributed by atoms with Crippen LogP contribution in [-0.2, 0) is 0 Å². The molecule has 0 aliphatic carbocycles. The second kappa shape index (κ2) is 5.57. The van der Waals surface area contributed by atoms with E-state index in [9.17, 15) is 4.79 Å². The van der Waals surface area contributed by atoms with Crippen LogP contribution in [0.4, 0.5) is 5.82 Å². The van der Waals surface area contributed by atoms with Gasteiger partial charge in [0.15, 0.2) is 0 Å². The minimum Gasteiger partial charge on any atom is -0.307 e. The van der Waals surface area contributed by atoms with Crippen LogP contribution in [0.5, 0.6) is 0 Å². The van der Waals surface area contributed by atoms with Crippen molar-refractivity contribution in [2.75, 3.05) is 5.32 Å². The molecule has 1 amide bonds. The number of carbonyl (C=O) groups excluding carboxylic acids is 1. The number of benzene rings is 1. The van der Waals surface area contributed by atoms with Crippen LogP contribution in [-0.4, -0.2) is 15.7 Å². The molecule has 1 N–H and O–H groups in total. The Morgan fingerprint density at radius 2 is 2.11 bits per heavy atom. The molecule has 0 aliphatic rings. The first-order chi connectivity index (χ1) is 8.99. The average Bonchev–Trinajstić information content (AvgIpc) is 2.80. The number of rotatable bonds is 3. The first-order valence-corrected chi connectivity index (χ1v) is 6.89. The lowest BCUT2D eigenvalue weighted by atomic mass is 10.1. The molecule has 2 rings (SSSR count). The van der Waals surface area contributed by atoms with E-state index in [1.54, 1.807) is 16.9 Å². The van der Waals surface area contributed by atoms with Crippen molar-refractivity contribution in [2.45, 2.75) is 26.8 Å². The van der Waals surface area contributed by atoms with Crippen molar-refractivity contribution < 1.29 is 4.79 Å². The second-order valence-electron chi connectivity index (χ2n) is 4.69. The van der Waals surface area contributed by atoms with Gasteiger partial charge in [0, 0.05) is 16.6 Å². The number of aromatic nitrogens is 2. The Labute approximate surface area is 120 Å². The maximum absolute atomic E-state index is 12.3. The Bertz CT molecular complexity index is 604. The van der Waals surface area contributed by atoms with Crippen molar-refractivity contribution in [1.82, 2.24) is 9.78 Å². The fourth-order valence-electron chi connectivity index (χ4n) is 1.82. The number of anilines is 1. The van der Waals surface area contributed by atoms with Crippen molar-refractivity contribution >= 4 is 27.7 Å². The first kappa shape index (κ1) is 13.8. The monoisotopic (exact) mass is 321 g/mol. The number of halogens is 1.